The molecule has 6 heteroatoms. The third kappa shape index (κ3) is 5.23. The molecule has 0 aromatic heterocycles. The number of nitrogens with two attached hydrogens (primary N) is 1. The van der Waals surface area contributed by atoms with Crippen LogP contribution >= 0.6 is 6.70 Å². The van der Waals surface area contributed by atoms with Crippen LogP contribution in [0.25, 0.3) is 0 Å². The van der Waals surface area contributed by atoms with Crippen LogP contribution in [0.5, 0.6) is 5.75 Å². The van der Waals surface area contributed by atoms with E-state index in [4.69, 9.17) is 27.0 Å². The molecule has 0 saturated carbocycles. The molecule has 0 aliphatic carbocycles. The van der Waals surface area contributed by atoms with Gasteiger partial charge >= 0.3 is 5.97 Å². The van der Waals surface area contributed by atoms with Gasteiger partial charge in [0.1, 0.15) is 12.4 Å². The quantitative estimate of drug-likeness (QED) is 0.645. The van der Waals surface area contributed by atoms with Gasteiger partial charge in [-0.3, -0.25) is 0 Å². The Bertz CT molecular complexity index is 468. The summed E-state index contributed by atoms with van der Waals surface area (Å²) in [7, 11) is 0. The van der Waals surface area contributed by atoms with Gasteiger partial charge in [0, 0.05) is 6.54 Å². The molecule has 1 atom stereocenters. The summed E-state index contributed by atoms with van der Waals surface area (Å²) in [6.07, 6.45) is 0.303. The molecule has 0 aliphatic heterocycles. The van der Waals surface area contributed by atoms with E-state index in [9.17, 15) is 4.79 Å². The van der Waals surface area contributed by atoms with Crippen molar-refractivity contribution in [1.29, 1.82) is 0 Å². The fraction of sp³-hybridized carbons (Fsp3) is 0.462. The molecule has 0 fully saturated rings. The summed E-state index contributed by atoms with van der Waals surface area (Å²) in [5.41, 5.74) is 8.90. The Morgan fingerprint density at radius 1 is 1.37 bits per heavy atom. The number of carbonyl (C=O) groups excluding carboxylic acids is 1. The minimum absolute atomic E-state index is 0.0979. The van der Waals surface area contributed by atoms with Gasteiger partial charge in [0.15, 0.2) is 18.4 Å². The summed E-state index contributed by atoms with van der Waals surface area (Å²) in [6.45, 7) is 5.58. The van der Waals surface area contributed by atoms with Gasteiger partial charge in [-0.2, -0.15) is 0 Å². The van der Waals surface area contributed by atoms with E-state index in [-0.39, 0.29) is 6.61 Å². The van der Waals surface area contributed by atoms with E-state index in [1.165, 1.54) is 0 Å². The average Bonchev–Trinajstić information content (AvgIpc) is 2.33. The maximum atomic E-state index is 11.4. The van der Waals surface area contributed by atoms with Crippen LogP contribution in [0.15, 0.2) is 12.1 Å². The van der Waals surface area contributed by atoms with Crippen LogP contribution in [0.2, 0.25) is 0 Å². The predicted octanol–water partition coefficient (Wildman–Crippen LogP) is 2.22. The molecule has 0 radical (unpaired) electrons. The Hall–Kier alpha value is -1.03. The normalized spacial score (nSPS) is 11.1. The Morgan fingerprint density at radius 2 is 1.95 bits per heavy atom. The van der Waals surface area contributed by atoms with Crippen LogP contribution < -0.4 is 10.5 Å². The number of esters is 1. The number of rotatable bonds is 6. The third-order valence-electron chi connectivity index (χ3n) is 2.64. The molecular formula is C13H19NO3PS+. The zero-order valence-electron chi connectivity index (χ0n) is 11.4. The SMILES string of the molecule is Cc1cc(OCC(=O)OC[P+](C)=S)cc(C)c1CN. The topological polar surface area (TPSA) is 61.5 Å². The monoisotopic (exact) mass is 300 g/mol. The van der Waals surface area contributed by atoms with E-state index < -0.39 is 12.7 Å². The molecule has 0 heterocycles. The Balaban J connectivity index is 2.59. The van der Waals surface area contributed by atoms with Gasteiger partial charge in [0.2, 0.25) is 6.70 Å². The van der Waals surface area contributed by atoms with Crippen molar-refractivity contribution < 1.29 is 14.3 Å². The first kappa shape index (κ1) is 16.0. The van der Waals surface area contributed by atoms with Crippen molar-refractivity contribution in [3.8, 4) is 5.75 Å². The van der Waals surface area contributed by atoms with E-state index in [0.29, 0.717) is 18.6 Å². The molecule has 1 aromatic carbocycles. The lowest BCUT2D eigenvalue weighted by Crippen LogP contribution is -2.15. The molecule has 0 saturated heterocycles. The largest absolute Gasteiger partial charge is 0.482 e. The van der Waals surface area contributed by atoms with Crippen molar-refractivity contribution in [3.05, 3.63) is 28.8 Å². The van der Waals surface area contributed by atoms with Gasteiger partial charge in [-0.25, -0.2) is 4.79 Å². The summed E-state index contributed by atoms with van der Waals surface area (Å²) in [4.78, 5) is 11.4. The highest BCUT2D eigenvalue weighted by Crippen LogP contribution is 2.21. The lowest BCUT2D eigenvalue weighted by molar-refractivity contribution is -0.143. The summed E-state index contributed by atoms with van der Waals surface area (Å²) in [5.74, 6) is 0.263. The Labute approximate surface area is 119 Å². The van der Waals surface area contributed by atoms with Gasteiger partial charge in [0.05, 0.1) is 0 Å². The molecule has 104 valence electrons. The van der Waals surface area contributed by atoms with E-state index in [1.54, 1.807) is 0 Å². The van der Waals surface area contributed by atoms with Crippen molar-refractivity contribution in [1.82, 2.24) is 0 Å². The average molecular weight is 300 g/mol. The highest BCUT2D eigenvalue weighted by molar-refractivity contribution is 8.04. The third-order valence-corrected chi connectivity index (χ3v) is 3.45. The molecule has 1 aromatic rings. The van der Waals surface area contributed by atoms with E-state index >= 15 is 0 Å². The molecule has 4 nitrogen and oxygen atoms in total. The number of benzene rings is 1. The lowest BCUT2D eigenvalue weighted by Gasteiger charge is -2.11. The standard InChI is InChI=1S/C13H19NO3PS/c1-9-4-11(5-10(2)12(9)6-14)16-7-13(15)17-8-18(3)19/h4-5H,6-8,14H2,1-3H3/q+1. The van der Waals surface area contributed by atoms with E-state index in [0.717, 1.165) is 16.7 Å². The summed E-state index contributed by atoms with van der Waals surface area (Å²) in [5, 5.41) is 0. The highest BCUT2D eigenvalue weighted by atomic mass is 32.4. The first-order valence-corrected chi connectivity index (χ1v) is 8.89. The maximum Gasteiger partial charge on any atom is 0.347 e. The first-order valence-electron chi connectivity index (χ1n) is 5.91. The van der Waals surface area contributed by atoms with Gasteiger partial charge < -0.3 is 15.2 Å². The van der Waals surface area contributed by atoms with Crippen LogP contribution in [0.3, 0.4) is 0 Å². The fourth-order valence-corrected chi connectivity index (χ4v) is 2.19. The molecular weight excluding hydrogens is 281 g/mol. The van der Waals surface area contributed by atoms with Crippen LogP contribution in [0.1, 0.15) is 16.7 Å². The van der Waals surface area contributed by atoms with Gasteiger partial charge in [-0.05, 0) is 42.7 Å². The molecule has 1 unspecified atom stereocenters. The second-order valence-corrected chi connectivity index (χ2v) is 7.69. The second kappa shape index (κ2) is 7.53. The smallest absolute Gasteiger partial charge is 0.347 e. The predicted molar refractivity (Wildman–Crippen MR) is 80.5 cm³/mol. The number of ether oxygens (including phenoxy) is 2. The van der Waals surface area contributed by atoms with Gasteiger partial charge in [0.25, 0.3) is 6.35 Å². The summed E-state index contributed by atoms with van der Waals surface area (Å²) >= 11 is 4.97. The molecule has 0 spiro atoms. The van der Waals surface area contributed by atoms with Crippen LogP contribution in [-0.2, 0) is 27.9 Å². The zero-order valence-corrected chi connectivity index (χ0v) is 13.1. The summed E-state index contributed by atoms with van der Waals surface area (Å²) in [6, 6.07) is 3.75. The van der Waals surface area contributed by atoms with Crippen molar-refractivity contribution in [2.45, 2.75) is 20.4 Å². The fourth-order valence-electron chi connectivity index (χ4n) is 1.71. The number of carbonyl (C=O) groups is 1. The molecule has 0 aliphatic rings. The summed E-state index contributed by atoms with van der Waals surface area (Å²) < 4.78 is 10.4. The van der Waals surface area contributed by atoms with Crippen molar-refractivity contribution in [2.24, 2.45) is 5.73 Å². The maximum absolute atomic E-state index is 11.4. The number of hydrogen-bond acceptors (Lipinski definition) is 5. The minimum atomic E-state index is -0.644. The van der Waals surface area contributed by atoms with Gasteiger partial charge in [-0.1, -0.05) is 0 Å². The van der Waals surface area contributed by atoms with Crippen LogP contribution in [0.4, 0.5) is 0 Å². The number of aryl methyl sites for hydroxylation is 2. The highest BCUT2D eigenvalue weighted by Gasteiger charge is 2.10. The molecule has 1 rings (SSSR count). The van der Waals surface area contributed by atoms with Gasteiger partial charge in [-0.15, -0.1) is 0 Å². The molecule has 19 heavy (non-hydrogen) atoms. The number of hydrogen-bond donors (Lipinski definition) is 1. The van der Waals surface area contributed by atoms with Crippen LogP contribution in [-0.4, -0.2) is 25.6 Å². The van der Waals surface area contributed by atoms with Crippen molar-refractivity contribution in [2.75, 3.05) is 19.6 Å². The minimum Gasteiger partial charge on any atom is -0.482 e. The Morgan fingerprint density at radius 3 is 2.42 bits per heavy atom. The lowest BCUT2D eigenvalue weighted by atomic mass is 10.0. The van der Waals surface area contributed by atoms with Crippen LogP contribution in [0, 0.1) is 13.8 Å². The first-order chi connectivity index (χ1) is 8.93. The van der Waals surface area contributed by atoms with E-state index in [2.05, 4.69) is 0 Å². The van der Waals surface area contributed by atoms with E-state index in [1.807, 2.05) is 32.6 Å². The molecule has 0 amide bonds. The molecule has 2 N–H and O–H groups in total. The zero-order chi connectivity index (χ0) is 14.4. The molecule has 0 bridgehead atoms. The van der Waals surface area contributed by atoms with Crippen molar-refractivity contribution >= 4 is 24.5 Å². The van der Waals surface area contributed by atoms with Crippen molar-refractivity contribution in [3.63, 3.8) is 0 Å². The second-order valence-electron chi connectivity index (χ2n) is 4.30. The Kier molecular flexibility index (Phi) is 6.35.